The van der Waals surface area contributed by atoms with Crippen LogP contribution in [0.4, 0.5) is 0 Å². The molecule has 1 saturated carbocycles. The smallest absolute Gasteiger partial charge is 0.137 e. The third kappa shape index (κ3) is 2.78. The SMILES string of the molecule is CN=C/C(=C\N)c1c[nH]c2ncc(C3CCC(C)CC3)cc12. The third-order valence-electron chi connectivity index (χ3n) is 4.80. The highest BCUT2D eigenvalue weighted by atomic mass is 14.8. The number of H-pyrrole nitrogens is 1. The number of nitrogens with one attached hydrogen (secondary N) is 1. The molecule has 1 fully saturated rings. The molecule has 2 aromatic heterocycles. The minimum atomic E-state index is 0.640. The van der Waals surface area contributed by atoms with Gasteiger partial charge in [-0.25, -0.2) is 4.98 Å². The van der Waals surface area contributed by atoms with Crippen LogP contribution in [0.5, 0.6) is 0 Å². The molecule has 0 aliphatic heterocycles. The van der Waals surface area contributed by atoms with Crippen molar-refractivity contribution < 1.29 is 0 Å². The predicted molar refractivity (Wildman–Crippen MR) is 93.0 cm³/mol. The van der Waals surface area contributed by atoms with Crippen LogP contribution in [0.3, 0.4) is 0 Å². The normalized spacial score (nSPS) is 23.5. The van der Waals surface area contributed by atoms with E-state index in [-0.39, 0.29) is 0 Å². The van der Waals surface area contributed by atoms with Gasteiger partial charge in [0.1, 0.15) is 5.65 Å². The molecule has 3 rings (SSSR count). The fourth-order valence-electron chi connectivity index (χ4n) is 3.42. The number of rotatable bonds is 3. The molecule has 3 N–H and O–H groups in total. The minimum absolute atomic E-state index is 0.640. The van der Waals surface area contributed by atoms with Gasteiger partial charge in [0.25, 0.3) is 0 Å². The summed E-state index contributed by atoms with van der Waals surface area (Å²) in [6.45, 7) is 2.35. The summed E-state index contributed by atoms with van der Waals surface area (Å²) < 4.78 is 0. The zero-order valence-electron chi connectivity index (χ0n) is 13.3. The number of fused-ring (bicyclic) bond motifs is 1. The number of aromatic amines is 1. The maximum atomic E-state index is 5.75. The van der Waals surface area contributed by atoms with Crippen molar-refractivity contribution in [2.75, 3.05) is 7.05 Å². The second kappa shape index (κ2) is 6.34. The van der Waals surface area contributed by atoms with Gasteiger partial charge < -0.3 is 10.7 Å². The van der Waals surface area contributed by atoms with Crippen LogP contribution in [-0.2, 0) is 0 Å². The van der Waals surface area contributed by atoms with E-state index in [4.69, 9.17) is 5.73 Å². The van der Waals surface area contributed by atoms with Crippen LogP contribution in [0.1, 0.15) is 49.7 Å². The van der Waals surface area contributed by atoms with Crippen molar-refractivity contribution in [3.8, 4) is 0 Å². The van der Waals surface area contributed by atoms with Gasteiger partial charge in [0.15, 0.2) is 0 Å². The van der Waals surface area contributed by atoms with Gasteiger partial charge in [-0.1, -0.05) is 19.8 Å². The van der Waals surface area contributed by atoms with Crippen LogP contribution >= 0.6 is 0 Å². The first-order valence-electron chi connectivity index (χ1n) is 8.04. The lowest BCUT2D eigenvalue weighted by Crippen LogP contribution is -2.11. The van der Waals surface area contributed by atoms with E-state index >= 15 is 0 Å². The lowest BCUT2D eigenvalue weighted by atomic mass is 9.80. The van der Waals surface area contributed by atoms with Crippen molar-refractivity contribution in [2.24, 2.45) is 16.6 Å². The molecule has 0 bridgehead atoms. The van der Waals surface area contributed by atoms with Crippen LogP contribution in [-0.4, -0.2) is 23.2 Å². The Labute approximate surface area is 131 Å². The van der Waals surface area contributed by atoms with Crippen LogP contribution < -0.4 is 5.73 Å². The van der Waals surface area contributed by atoms with Crippen molar-refractivity contribution in [3.05, 3.63) is 35.8 Å². The quantitative estimate of drug-likeness (QED) is 0.845. The topological polar surface area (TPSA) is 67.1 Å². The number of pyridine rings is 1. The molecule has 2 aromatic rings. The van der Waals surface area contributed by atoms with E-state index in [0.717, 1.165) is 28.1 Å². The zero-order chi connectivity index (χ0) is 15.5. The van der Waals surface area contributed by atoms with Crippen LogP contribution in [0.15, 0.2) is 29.7 Å². The molecule has 116 valence electrons. The lowest BCUT2D eigenvalue weighted by molar-refractivity contribution is 0.348. The van der Waals surface area contributed by atoms with E-state index in [2.05, 4.69) is 28.0 Å². The molecule has 0 amide bonds. The van der Waals surface area contributed by atoms with Crippen LogP contribution in [0.25, 0.3) is 16.6 Å². The molecule has 0 aromatic carbocycles. The lowest BCUT2D eigenvalue weighted by Gasteiger charge is -2.26. The Kier molecular flexibility index (Phi) is 4.27. The van der Waals surface area contributed by atoms with Gasteiger partial charge in [-0.15, -0.1) is 0 Å². The number of nitrogens with two attached hydrogens (primary N) is 1. The van der Waals surface area contributed by atoms with E-state index in [9.17, 15) is 0 Å². The molecular weight excluding hydrogens is 272 g/mol. The number of allylic oxidation sites excluding steroid dienone is 1. The summed E-state index contributed by atoms with van der Waals surface area (Å²) in [5.74, 6) is 1.50. The van der Waals surface area contributed by atoms with Gasteiger partial charge in [-0.2, -0.15) is 0 Å². The fourth-order valence-corrected chi connectivity index (χ4v) is 3.42. The summed E-state index contributed by atoms with van der Waals surface area (Å²) in [6.07, 6.45) is 12.6. The molecule has 0 spiro atoms. The predicted octanol–water partition coefficient (Wildman–Crippen LogP) is 3.86. The molecule has 0 radical (unpaired) electrons. The van der Waals surface area contributed by atoms with Gasteiger partial charge >= 0.3 is 0 Å². The summed E-state index contributed by atoms with van der Waals surface area (Å²) in [6, 6.07) is 2.28. The first-order chi connectivity index (χ1) is 10.7. The Morgan fingerprint density at radius 3 is 2.82 bits per heavy atom. The van der Waals surface area contributed by atoms with E-state index in [0.29, 0.717) is 5.92 Å². The highest BCUT2D eigenvalue weighted by molar-refractivity contribution is 6.14. The van der Waals surface area contributed by atoms with Gasteiger partial charge in [-0.3, -0.25) is 4.99 Å². The van der Waals surface area contributed by atoms with E-state index < -0.39 is 0 Å². The Hall–Kier alpha value is -2.10. The molecule has 2 heterocycles. The number of aromatic nitrogens is 2. The fraction of sp³-hybridized carbons (Fsp3) is 0.444. The van der Waals surface area contributed by atoms with Crippen LogP contribution in [0.2, 0.25) is 0 Å². The number of hydrogen-bond acceptors (Lipinski definition) is 3. The van der Waals surface area contributed by atoms with Gasteiger partial charge in [0.2, 0.25) is 0 Å². The number of nitrogens with zero attached hydrogens (tertiary/aromatic N) is 2. The average Bonchev–Trinajstić information content (AvgIpc) is 2.96. The summed E-state index contributed by atoms with van der Waals surface area (Å²) in [5.41, 5.74) is 10.0. The van der Waals surface area contributed by atoms with Gasteiger partial charge in [-0.05, 0) is 36.3 Å². The first kappa shape index (κ1) is 14.8. The molecule has 1 aliphatic rings. The molecular formula is C18H24N4. The zero-order valence-corrected chi connectivity index (χ0v) is 13.3. The number of aliphatic imine (C=N–C) groups is 1. The first-order valence-corrected chi connectivity index (χ1v) is 8.04. The second-order valence-electron chi connectivity index (χ2n) is 6.33. The highest BCUT2D eigenvalue weighted by Crippen LogP contribution is 2.36. The molecule has 4 heteroatoms. The molecule has 22 heavy (non-hydrogen) atoms. The van der Waals surface area contributed by atoms with E-state index in [1.807, 2.05) is 12.4 Å². The second-order valence-corrected chi connectivity index (χ2v) is 6.33. The molecule has 4 nitrogen and oxygen atoms in total. The Morgan fingerprint density at radius 1 is 1.36 bits per heavy atom. The molecule has 0 unspecified atom stereocenters. The molecule has 0 atom stereocenters. The summed E-state index contributed by atoms with van der Waals surface area (Å²) in [7, 11) is 1.76. The maximum Gasteiger partial charge on any atom is 0.137 e. The van der Waals surface area contributed by atoms with E-state index in [1.165, 1.54) is 31.2 Å². The summed E-state index contributed by atoms with van der Waals surface area (Å²) in [5, 5.41) is 1.13. The Morgan fingerprint density at radius 2 is 2.14 bits per heavy atom. The van der Waals surface area contributed by atoms with Crippen molar-refractivity contribution in [2.45, 2.75) is 38.5 Å². The van der Waals surface area contributed by atoms with E-state index in [1.54, 1.807) is 19.5 Å². The summed E-state index contributed by atoms with van der Waals surface area (Å²) >= 11 is 0. The Balaban J connectivity index is 1.98. The minimum Gasteiger partial charge on any atom is -0.404 e. The van der Waals surface area contributed by atoms with Gasteiger partial charge in [0.05, 0.1) is 0 Å². The van der Waals surface area contributed by atoms with Crippen LogP contribution in [0, 0.1) is 5.92 Å². The average molecular weight is 296 g/mol. The standard InChI is InChI=1S/C18H24N4/c1-12-3-5-13(6-4-12)14-7-16-17(15(8-19)9-20-2)11-22-18(16)21-10-14/h7-13H,3-6,19H2,1-2H3,(H,21,22)/b15-8+,20-9?. The van der Waals surface area contributed by atoms with Crippen molar-refractivity contribution in [1.82, 2.24) is 9.97 Å². The third-order valence-corrected chi connectivity index (χ3v) is 4.80. The highest BCUT2D eigenvalue weighted by Gasteiger charge is 2.21. The Bertz CT molecular complexity index is 703. The largest absolute Gasteiger partial charge is 0.404 e. The number of hydrogen-bond donors (Lipinski definition) is 2. The van der Waals surface area contributed by atoms with Gasteiger partial charge in [0, 0.05) is 48.4 Å². The monoisotopic (exact) mass is 296 g/mol. The molecule has 1 aliphatic carbocycles. The summed E-state index contributed by atoms with van der Waals surface area (Å²) in [4.78, 5) is 11.9. The van der Waals surface area contributed by atoms with Crippen molar-refractivity contribution >= 4 is 22.8 Å². The maximum absolute atomic E-state index is 5.75. The van der Waals surface area contributed by atoms with Crippen molar-refractivity contribution in [3.63, 3.8) is 0 Å². The molecule has 0 saturated heterocycles. The van der Waals surface area contributed by atoms with Crippen molar-refractivity contribution in [1.29, 1.82) is 0 Å².